The minimum atomic E-state index is 0.504. The van der Waals surface area contributed by atoms with E-state index in [4.69, 9.17) is 5.73 Å². The maximum absolute atomic E-state index is 6.33. The molecule has 5 rings (SSSR count). The molecular formula is C23H30N6S. The number of fused-ring (bicyclic) bond motifs is 1. The second kappa shape index (κ2) is 8.57. The van der Waals surface area contributed by atoms with Gasteiger partial charge in [0.15, 0.2) is 0 Å². The Morgan fingerprint density at radius 2 is 2.03 bits per heavy atom. The summed E-state index contributed by atoms with van der Waals surface area (Å²) in [6.45, 7) is 4.65. The second-order valence-corrected chi connectivity index (χ2v) is 9.33. The summed E-state index contributed by atoms with van der Waals surface area (Å²) in [6.07, 6.45) is 11.1. The molecule has 1 saturated carbocycles. The number of nitrogens with one attached hydrogen (secondary N) is 1. The predicted molar refractivity (Wildman–Crippen MR) is 125 cm³/mol. The van der Waals surface area contributed by atoms with Gasteiger partial charge in [0.25, 0.3) is 0 Å². The average molecular weight is 423 g/mol. The Labute approximate surface area is 182 Å². The predicted octanol–water partition coefficient (Wildman–Crippen LogP) is 4.10. The Hall–Kier alpha value is -2.09. The molecule has 3 heterocycles. The molecule has 1 aromatic carbocycles. The zero-order valence-corrected chi connectivity index (χ0v) is 18.4. The minimum Gasteiger partial charge on any atom is -0.383 e. The first-order chi connectivity index (χ1) is 14.7. The molecular weight excluding hydrogens is 392 g/mol. The fourth-order valence-corrected chi connectivity index (χ4v) is 5.33. The summed E-state index contributed by atoms with van der Waals surface area (Å²) in [4.78, 5) is 11.6. The summed E-state index contributed by atoms with van der Waals surface area (Å²) in [7, 11) is 0. The van der Waals surface area contributed by atoms with Crippen molar-refractivity contribution >= 4 is 28.8 Å². The lowest BCUT2D eigenvalue weighted by Crippen LogP contribution is -2.35. The number of aromatic nitrogens is 3. The van der Waals surface area contributed by atoms with E-state index in [1.807, 2.05) is 6.26 Å². The number of nitrogens with two attached hydrogens (primary N) is 1. The van der Waals surface area contributed by atoms with Crippen molar-refractivity contribution in [3.8, 4) is 11.1 Å². The van der Waals surface area contributed by atoms with Crippen LogP contribution in [0.15, 0.2) is 36.8 Å². The fourth-order valence-electron chi connectivity index (χ4n) is 5.02. The molecule has 1 aliphatic carbocycles. The maximum Gasteiger partial charge on any atom is 0.146 e. The SMILES string of the molecule is CSNCc1cccc(-c2cn(C3CC(CN4CCCC4)C3)c3ncnc(N)c23)c1. The van der Waals surface area contributed by atoms with Gasteiger partial charge in [0.2, 0.25) is 0 Å². The first-order valence-corrected chi connectivity index (χ1v) is 12.1. The van der Waals surface area contributed by atoms with E-state index in [2.05, 4.69) is 54.6 Å². The Morgan fingerprint density at radius 1 is 1.20 bits per heavy atom. The molecule has 6 nitrogen and oxygen atoms in total. The van der Waals surface area contributed by atoms with Crippen molar-refractivity contribution in [3.05, 3.63) is 42.4 Å². The molecule has 0 atom stereocenters. The molecule has 30 heavy (non-hydrogen) atoms. The molecule has 2 aromatic heterocycles. The van der Waals surface area contributed by atoms with Crippen molar-refractivity contribution in [2.45, 2.75) is 38.3 Å². The number of likely N-dealkylation sites (tertiary alicyclic amines) is 1. The third kappa shape index (κ3) is 3.82. The van der Waals surface area contributed by atoms with Gasteiger partial charge in [0, 0.05) is 30.9 Å². The van der Waals surface area contributed by atoms with Crippen LogP contribution in [0, 0.1) is 5.92 Å². The van der Waals surface area contributed by atoms with Crippen LogP contribution < -0.4 is 10.5 Å². The first-order valence-electron chi connectivity index (χ1n) is 10.9. The topological polar surface area (TPSA) is 72.0 Å². The number of benzene rings is 1. The number of nitrogens with zero attached hydrogens (tertiary/aromatic N) is 4. The molecule has 2 fully saturated rings. The summed E-state index contributed by atoms with van der Waals surface area (Å²) in [5, 5.41) is 0.982. The number of nitrogen functional groups attached to an aromatic ring is 1. The van der Waals surface area contributed by atoms with Gasteiger partial charge >= 0.3 is 0 Å². The van der Waals surface area contributed by atoms with Gasteiger partial charge in [0.05, 0.1) is 5.39 Å². The molecule has 3 aromatic rings. The lowest BCUT2D eigenvalue weighted by molar-refractivity contribution is 0.145. The molecule has 0 spiro atoms. The molecule has 1 aliphatic heterocycles. The maximum atomic E-state index is 6.33. The van der Waals surface area contributed by atoms with Crippen molar-refractivity contribution in [2.24, 2.45) is 5.92 Å². The highest BCUT2D eigenvalue weighted by Gasteiger charge is 2.34. The quantitative estimate of drug-likeness (QED) is 0.559. The highest BCUT2D eigenvalue weighted by molar-refractivity contribution is 7.96. The van der Waals surface area contributed by atoms with Crippen molar-refractivity contribution in [1.82, 2.24) is 24.2 Å². The molecule has 158 valence electrons. The van der Waals surface area contributed by atoms with E-state index in [9.17, 15) is 0 Å². The van der Waals surface area contributed by atoms with Gasteiger partial charge in [-0.2, -0.15) is 0 Å². The molecule has 2 aliphatic rings. The van der Waals surface area contributed by atoms with E-state index >= 15 is 0 Å². The summed E-state index contributed by atoms with van der Waals surface area (Å²) < 4.78 is 5.68. The van der Waals surface area contributed by atoms with E-state index in [1.165, 1.54) is 56.4 Å². The monoisotopic (exact) mass is 422 g/mol. The summed E-state index contributed by atoms with van der Waals surface area (Å²) in [5.41, 5.74) is 10.9. The van der Waals surface area contributed by atoms with E-state index in [0.717, 1.165) is 29.1 Å². The molecule has 0 bridgehead atoms. The standard InChI is InChI=1S/C23H30N6S/c1-30-27-12-16-5-4-6-18(9-16)20-14-29(23-21(20)22(24)25-15-26-23)19-10-17(11-19)13-28-7-2-3-8-28/h4-6,9,14-15,17,19,27H,2-3,7-8,10-13H2,1H3,(H2,24,25,26). The minimum absolute atomic E-state index is 0.504. The van der Waals surface area contributed by atoms with Crippen LogP contribution in [0.25, 0.3) is 22.2 Å². The zero-order valence-electron chi connectivity index (χ0n) is 17.6. The lowest BCUT2D eigenvalue weighted by atomic mass is 9.79. The number of anilines is 1. The highest BCUT2D eigenvalue weighted by Crippen LogP contribution is 2.43. The van der Waals surface area contributed by atoms with Crippen LogP contribution in [0.3, 0.4) is 0 Å². The van der Waals surface area contributed by atoms with Crippen LogP contribution in [0.5, 0.6) is 0 Å². The van der Waals surface area contributed by atoms with Crippen LogP contribution in [-0.2, 0) is 6.54 Å². The van der Waals surface area contributed by atoms with Crippen LogP contribution in [0.2, 0.25) is 0 Å². The van der Waals surface area contributed by atoms with E-state index in [-0.39, 0.29) is 0 Å². The first kappa shape index (κ1) is 19.8. The van der Waals surface area contributed by atoms with Crippen molar-refractivity contribution < 1.29 is 0 Å². The fraction of sp³-hybridized carbons (Fsp3) is 0.478. The molecule has 0 unspecified atom stereocenters. The number of hydrogen-bond donors (Lipinski definition) is 2. The van der Waals surface area contributed by atoms with E-state index in [0.29, 0.717) is 11.9 Å². The molecule has 1 saturated heterocycles. The second-order valence-electron chi connectivity index (χ2n) is 8.63. The zero-order chi connectivity index (χ0) is 20.5. The van der Waals surface area contributed by atoms with Gasteiger partial charge in [-0.05, 0) is 68.1 Å². The van der Waals surface area contributed by atoms with Crippen LogP contribution >= 0.6 is 11.9 Å². The van der Waals surface area contributed by atoms with Crippen LogP contribution in [-0.4, -0.2) is 45.3 Å². The number of hydrogen-bond acceptors (Lipinski definition) is 6. The summed E-state index contributed by atoms with van der Waals surface area (Å²) in [6, 6.07) is 9.17. The van der Waals surface area contributed by atoms with Crippen molar-refractivity contribution in [2.75, 3.05) is 31.6 Å². The highest BCUT2D eigenvalue weighted by atomic mass is 32.2. The van der Waals surface area contributed by atoms with Crippen LogP contribution in [0.4, 0.5) is 5.82 Å². The Morgan fingerprint density at radius 3 is 2.83 bits per heavy atom. The van der Waals surface area contributed by atoms with Crippen molar-refractivity contribution in [1.29, 1.82) is 0 Å². The smallest absolute Gasteiger partial charge is 0.146 e. The van der Waals surface area contributed by atoms with Gasteiger partial charge in [-0.15, -0.1) is 0 Å². The third-order valence-electron chi connectivity index (χ3n) is 6.62. The summed E-state index contributed by atoms with van der Waals surface area (Å²) in [5.74, 6) is 1.36. The number of rotatable bonds is 7. The molecule has 0 amide bonds. The average Bonchev–Trinajstić information content (AvgIpc) is 3.38. The van der Waals surface area contributed by atoms with Gasteiger partial charge < -0.3 is 15.2 Å². The summed E-state index contributed by atoms with van der Waals surface area (Å²) >= 11 is 1.64. The molecule has 7 heteroatoms. The lowest BCUT2D eigenvalue weighted by Gasteiger charge is -2.38. The van der Waals surface area contributed by atoms with Crippen molar-refractivity contribution in [3.63, 3.8) is 0 Å². The van der Waals surface area contributed by atoms with Gasteiger partial charge in [-0.1, -0.05) is 30.1 Å². The molecule has 3 N–H and O–H groups in total. The van der Waals surface area contributed by atoms with Crippen LogP contribution in [0.1, 0.15) is 37.3 Å². The largest absolute Gasteiger partial charge is 0.383 e. The Balaban J connectivity index is 1.43. The van der Waals surface area contributed by atoms with Gasteiger partial charge in [-0.25, -0.2) is 9.97 Å². The Bertz CT molecular complexity index is 1020. The third-order valence-corrected chi connectivity index (χ3v) is 7.05. The van der Waals surface area contributed by atoms with E-state index in [1.54, 1.807) is 18.3 Å². The molecule has 0 radical (unpaired) electrons. The normalized spacial score (nSPS) is 21.9. The van der Waals surface area contributed by atoms with Gasteiger partial charge in [0.1, 0.15) is 17.8 Å². The van der Waals surface area contributed by atoms with Gasteiger partial charge in [-0.3, -0.25) is 4.72 Å². The van der Waals surface area contributed by atoms with E-state index < -0.39 is 0 Å². The Kier molecular flexibility index (Phi) is 5.67.